The largest absolute Gasteiger partial charge is 0.486 e. The molecule has 0 aliphatic carbocycles. The van der Waals surface area contributed by atoms with E-state index in [2.05, 4.69) is 9.97 Å². The second-order valence-electron chi connectivity index (χ2n) is 7.14. The highest BCUT2D eigenvalue weighted by molar-refractivity contribution is 7.84. The highest BCUT2D eigenvalue weighted by Gasteiger charge is 2.21. The molecule has 2 N–H and O–H groups in total. The molecule has 1 atom stereocenters. The number of hydrogen-bond donors (Lipinski definition) is 1. The third kappa shape index (κ3) is 5.14. The first kappa shape index (κ1) is 21.7. The summed E-state index contributed by atoms with van der Waals surface area (Å²) < 4.78 is 16.8. The van der Waals surface area contributed by atoms with Crippen LogP contribution in [-0.4, -0.2) is 18.9 Å². The van der Waals surface area contributed by atoms with E-state index in [1.54, 1.807) is 32.2 Å². The first-order valence-electron chi connectivity index (χ1n) is 8.86. The van der Waals surface area contributed by atoms with E-state index < -0.39 is 15.7 Å². The number of benzene rings is 1. The molecule has 0 bridgehead atoms. The maximum absolute atomic E-state index is 11.7. The van der Waals surface area contributed by atoms with Crippen LogP contribution < -0.4 is 9.88 Å². The summed E-state index contributed by atoms with van der Waals surface area (Å²) >= 11 is 12.8. The minimum Gasteiger partial charge on any atom is -0.486 e. The molecule has 0 saturated carbocycles. The number of fused-ring (bicyclic) bond motifs is 1. The van der Waals surface area contributed by atoms with Gasteiger partial charge in [-0.3, -0.25) is 10.1 Å². The van der Waals surface area contributed by atoms with Crippen LogP contribution in [0.5, 0.6) is 5.75 Å². The highest BCUT2D eigenvalue weighted by atomic mass is 35.5. The fourth-order valence-electron chi connectivity index (χ4n) is 2.83. The van der Waals surface area contributed by atoms with Gasteiger partial charge in [0.15, 0.2) is 0 Å². The standard InChI is InChI=1S/C21H21Cl2N3O2S/c1-13(11-21(2,3)29(24)27)16-8-14-9-17(22)19(10-18(14)26-20(16)23)28-12-15-6-4-5-7-25-15/h4-11H,12,24H2,1-3H3. The van der Waals surface area contributed by atoms with Gasteiger partial charge in [-0.2, -0.15) is 0 Å². The lowest BCUT2D eigenvalue weighted by molar-refractivity contribution is 0.302. The quantitative estimate of drug-likeness (QED) is 0.516. The van der Waals surface area contributed by atoms with E-state index in [1.807, 2.05) is 37.3 Å². The van der Waals surface area contributed by atoms with Crippen LogP contribution in [0, 0.1) is 0 Å². The Morgan fingerprint density at radius 3 is 2.69 bits per heavy atom. The smallest absolute Gasteiger partial charge is 0.140 e. The van der Waals surface area contributed by atoms with Gasteiger partial charge in [0.2, 0.25) is 0 Å². The second-order valence-corrected chi connectivity index (χ2v) is 9.55. The Balaban J connectivity index is 1.94. The Bertz CT molecular complexity index is 1100. The molecule has 3 rings (SSSR count). The molecular weight excluding hydrogens is 429 g/mol. The molecule has 1 unspecified atom stereocenters. The summed E-state index contributed by atoms with van der Waals surface area (Å²) in [5.41, 5.74) is 3.02. The van der Waals surface area contributed by atoms with Crippen LogP contribution in [0.1, 0.15) is 32.0 Å². The third-order valence-electron chi connectivity index (χ3n) is 4.43. The lowest BCUT2D eigenvalue weighted by Crippen LogP contribution is -2.29. The molecular formula is C21H21Cl2N3O2S. The van der Waals surface area contributed by atoms with Crippen molar-refractivity contribution in [3.05, 3.63) is 70.1 Å². The van der Waals surface area contributed by atoms with Gasteiger partial charge in [0.1, 0.15) is 17.5 Å². The molecule has 0 spiro atoms. The van der Waals surface area contributed by atoms with E-state index in [0.29, 0.717) is 28.0 Å². The summed E-state index contributed by atoms with van der Waals surface area (Å²) in [6.07, 6.45) is 3.55. The minimum atomic E-state index is -1.51. The van der Waals surface area contributed by atoms with Crippen LogP contribution in [0.2, 0.25) is 10.2 Å². The first-order chi connectivity index (χ1) is 13.7. The average Bonchev–Trinajstić information content (AvgIpc) is 2.66. The molecule has 0 saturated heterocycles. The van der Waals surface area contributed by atoms with Gasteiger partial charge in [0, 0.05) is 23.2 Å². The molecule has 0 radical (unpaired) electrons. The van der Waals surface area contributed by atoms with E-state index in [0.717, 1.165) is 22.2 Å². The van der Waals surface area contributed by atoms with Gasteiger partial charge in [-0.25, -0.2) is 9.19 Å². The Kier molecular flexibility index (Phi) is 6.58. The molecule has 0 aliphatic heterocycles. The molecule has 0 aliphatic rings. The second kappa shape index (κ2) is 8.79. The zero-order valence-corrected chi connectivity index (χ0v) is 18.6. The van der Waals surface area contributed by atoms with Gasteiger partial charge in [-0.1, -0.05) is 35.3 Å². The Morgan fingerprint density at radius 1 is 1.28 bits per heavy atom. The zero-order valence-electron chi connectivity index (χ0n) is 16.3. The lowest BCUT2D eigenvalue weighted by Gasteiger charge is -2.18. The zero-order chi connectivity index (χ0) is 21.2. The summed E-state index contributed by atoms with van der Waals surface area (Å²) in [5, 5.41) is 7.20. The van der Waals surface area contributed by atoms with Crippen LogP contribution in [0.15, 0.2) is 48.7 Å². The van der Waals surface area contributed by atoms with E-state index in [-0.39, 0.29) is 0 Å². The highest BCUT2D eigenvalue weighted by Crippen LogP contribution is 2.34. The third-order valence-corrected chi connectivity index (χ3v) is 6.17. The molecule has 8 heteroatoms. The van der Waals surface area contributed by atoms with E-state index >= 15 is 0 Å². The predicted octanol–water partition coefficient (Wildman–Crippen LogP) is 5.32. The number of halogens is 2. The molecule has 152 valence electrons. The Labute approximate surface area is 182 Å². The van der Waals surface area contributed by atoms with Gasteiger partial charge in [-0.05, 0) is 50.6 Å². The number of nitrogens with two attached hydrogens (primary N) is 1. The molecule has 0 fully saturated rings. The number of pyridine rings is 2. The molecule has 2 heterocycles. The summed E-state index contributed by atoms with van der Waals surface area (Å²) in [7, 11) is -1.51. The Hall–Kier alpha value is -1.99. The maximum atomic E-state index is 11.7. The fourth-order valence-corrected chi connectivity index (χ4v) is 3.65. The van der Waals surface area contributed by atoms with Gasteiger partial charge >= 0.3 is 0 Å². The maximum Gasteiger partial charge on any atom is 0.140 e. The minimum absolute atomic E-state index is 0.297. The Morgan fingerprint density at radius 2 is 2.03 bits per heavy atom. The lowest BCUT2D eigenvalue weighted by atomic mass is 10.0. The van der Waals surface area contributed by atoms with Gasteiger partial charge in [-0.15, -0.1) is 0 Å². The number of hydrogen-bond acceptors (Lipinski definition) is 4. The number of allylic oxidation sites excluding steroid dienone is 1. The molecule has 1 aromatic carbocycles. The van der Waals surface area contributed by atoms with Crippen molar-refractivity contribution in [1.82, 2.24) is 9.97 Å². The number of aromatic nitrogens is 2. The van der Waals surface area contributed by atoms with Crippen molar-refractivity contribution in [2.45, 2.75) is 32.1 Å². The van der Waals surface area contributed by atoms with Crippen molar-refractivity contribution >= 4 is 50.7 Å². The van der Waals surface area contributed by atoms with Crippen molar-refractivity contribution in [2.24, 2.45) is 5.14 Å². The number of nitrogens with zero attached hydrogens (tertiary/aromatic N) is 2. The predicted molar refractivity (Wildman–Crippen MR) is 120 cm³/mol. The molecule has 29 heavy (non-hydrogen) atoms. The first-order valence-corrected chi connectivity index (χ1v) is 10.8. The topological polar surface area (TPSA) is 78.1 Å². The molecule has 0 amide bonds. The van der Waals surface area contributed by atoms with Crippen molar-refractivity contribution in [2.75, 3.05) is 0 Å². The summed E-state index contributed by atoms with van der Waals surface area (Å²) in [5.74, 6) is 0.507. The normalized spacial score (nSPS) is 13.5. The molecule has 3 aromatic rings. The van der Waals surface area contributed by atoms with Crippen molar-refractivity contribution < 1.29 is 8.95 Å². The molecule has 5 nitrogen and oxygen atoms in total. The average molecular weight is 450 g/mol. The van der Waals surface area contributed by atoms with Crippen LogP contribution in [0.3, 0.4) is 0 Å². The van der Waals surface area contributed by atoms with E-state index in [1.165, 1.54) is 0 Å². The van der Waals surface area contributed by atoms with Crippen molar-refractivity contribution in [1.29, 1.82) is 0 Å². The SMILES string of the molecule is CC(=CC(C)(C)S(N)=O)c1cc2cc(Cl)c(OCc3ccccn3)cc2nc1Cl. The van der Waals surface area contributed by atoms with Crippen LogP contribution in [0.25, 0.3) is 16.5 Å². The summed E-state index contributed by atoms with van der Waals surface area (Å²) in [6, 6.07) is 11.1. The summed E-state index contributed by atoms with van der Waals surface area (Å²) in [6.45, 7) is 5.79. The van der Waals surface area contributed by atoms with Gasteiger partial charge in [0.25, 0.3) is 0 Å². The van der Waals surface area contributed by atoms with Crippen LogP contribution in [0.4, 0.5) is 0 Å². The van der Waals surface area contributed by atoms with Gasteiger partial charge in [0.05, 0.1) is 32.0 Å². The summed E-state index contributed by atoms with van der Waals surface area (Å²) in [4.78, 5) is 8.72. The van der Waals surface area contributed by atoms with Crippen LogP contribution in [-0.2, 0) is 17.6 Å². The monoisotopic (exact) mass is 449 g/mol. The number of rotatable bonds is 6. The van der Waals surface area contributed by atoms with Gasteiger partial charge < -0.3 is 4.74 Å². The van der Waals surface area contributed by atoms with E-state index in [4.69, 9.17) is 33.1 Å². The van der Waals surface area contributed by atoms with E-state index in [9.17, 15) is 4.21 Å². The van der Waals surface area contributed by atoms with Crippen molar-refractivity contribution in [3.8, 4) is 5.75 Å². The molecule has 2 aromatic heterocycles. The fraction of sp³-hybridized carbons (Fsp3) is 0.238. The number of ether oxygens (including phenoxy) is 1. The van der Waals surface area contributed by atoms with Crippen LogP contribution >= 0.6 is 23.2 Å². The van der Waals surface area contributed by atoms with Crippen molar-refractivity contribution in [3.63, 3.8) is 0 Å².